The summed E-state index contributed by atoms with van der Waals surface area (Å²) >= 11 is 0. The number of unbranched alkanes of at least 4 members (excludes halogenated alkanes) is 2. The molecule has 7 nitrogen and oxygen atoms in total. The number of carbonyl (C=O) groups is 3. The third-order valence-corrected chi connectivity index (χ3v) is 3.33. The fourth-order valence-electron chi connectivity index (χ4n) is 2.25. The number of Topliss-reactive ketones (excluding diaryl/α,β-unsaturated/α-hetero) is 1. The summed E-state index contributed by atoms with van der Waals surface area (Å²) in [5, 5.41) is 2.64. The zero-order valence-electron chi connectivity index (χ0n) is 17.7. The monoisotopic (exact) mass is 385 g/mol. The van der Waals surface area contributed by atoms with Crippen LogP contribution in [0.15, 0.2) is 0 Å². The number of ether oxygens (including phenoxy) is 2. The molecule has 0 spiro atoms. The van der Waals surface area contributed by atoms with Crippen LogP contribution in [-0.4, -0.2) is 41.6 Å². The Morgan fingerprint density at radius 3 is 2.07 bits per heavy atom. The number of ketones is 1. The lowest BCUT2D eigenvalue weighted by atomic mass is 10.0. The summed E-state index contributed by atoms with van der Waals surface area (Å²) in [4.78, 5) is 36.1. The van der Waals surface area contributed by atoms with Gasteiger partial charge >= 0.3 is 12.1 Å². The molecule has 0 rings (SSSR count). The van der Waals surface area contributed by atoms with Crippen molar-refractivity contribution in [2.45, 2.75) is 97.3 Å². The van der Waals surface area contributed by atoms with Gasteiger partial charge in [0, 0.05) is 12.8 Å². The third kappa shape index (κ3) is 15.2. The van der Waals surface area contributed by atoms with Crippen LogP contribution in [0.5, 0.6) is 0 Å². The van der Waals surface area contributed by atoms with E-state index in [1.165, 1.54) is 6.42 Å². The van der Waals surface area contributed by atoms with Gasteiger partial charge in [0.15, 0.2) is 5.78 Å². The molecular weight excluding hydrogens is 348 g/mol. The van der Waals surface area contributed by atoms with Gasteiger partial charge in [0.05, 0.1) is 6.04 Å². The molecule has 0 aliphatic carbocycles. The largest absolute Gasteiger partial charge is 0.460 e. The minimum atomic E-state index is -0.645. The molecule has 0 saturated heterocycles. The molecule has 0 unspecified atom stereocenters. The quantitative estimate of drug-likeness (QED) is 0.417. The predicted molar refractivity (Wildman–Crippen MR) is 105 cm³/mol. The van der Waals surface area contributed by atoms with Gasteiger partial charge in [0.1, 0.15) is 11.2 Å². The number of nitrogens with two attached hydrogens (primary N) is 1. The highest BCUT2D eigenvalue weighted by molar-refractivity contribution is 5.93. The Morgan fingerprint density at radius 1 is 0.963 bits per heavy atom. The fraction of sp³-hybridized carbons (Fsp3) is 0.800. The van der Waals surface area contributed by atoms with Gasteiger partial charge in [-0.3, -0.25) is 9.59 Å². The Kier molecular flexibility index (Phi) is 11.2. The summed E-state index contributed by atoms with van der Waals surface area (Å²) in [7, 11) is 0. The maximum atomic E-state index is 12.4. The van der Waals surface area contributed by atoms with Crippen LogP contribution >= 0.6 is 0 Å². The molecule has 0 aromatic heterocycles. The number of rotatable bonds is 11. The van der Waals surface area contributed by atoms with Crippen LogP contribution < -0.4 is 11.1 Å². The molecule has 0 aromatic carbocycles. The van der Waals surface area contributed by atoms with E-state index in [-0.39, 0.29) is 18.2 Å². The fourth-order valence-corrected chi connectivity index (χ4v) is 2.25. The van der Waals surface area contributed by atoms with Crippen molar-refractivity contribution in [1.82, 2.24) is 5.32 Å². The predicted octanol–water partition coefficient (Wildman–Crippen LogP) is 3.29. The Hall–Kier alpha value is -1.63. The van der Waals surface area contributed by atoms with Crippen LogP contribution in [0.25, 0.3) is 0 Å². The summed E-state index contributed by atoms with van der Waals surface area (Å²) in [5.74, 6) is -0.461. The number of hydrogen-bond acceptors (Lipinski definition) is 6. The normalized spacial score (nSPS) is 13.0. The molecule has 1 atom stereocenters. The SMILES string of the molecule is CC(C)(C)OC(=O)CCC[CH]C(=O)[C@H](CCCCN)NC(=O)OC(C)(C)C. The lowest BCUT2D eigenvalue weighted by molar-refractivity contribution is -0.154. The van der Waals surface area contributed by atoms with Crippen molar-refractivity contribution in [2.75, 3.05) is 6.54 Å². The molecule has 0 fully saturated rings. The maximum absolute atomic E-state index is 12.4. The summed E-state index contributed by atoms with van der Waals surface area (Å²) in [6.45, 7) is 11.3. The smallest absolute Gasteiger partial charge is 0.408 e. The third-order valence-electron chi connectivity index (χ3n) is 3.33. The minimum absolute atomic E-state index is 0.179. The van der Waals surface area contributed by atoms with Gasteiger partial charge in [-0.25, -0.2) is 4.79 Å². The topological polar surface area (TPSA) is 108 Å². The standard InChI is InChI=1S/C20H37N2O5/c1-19(2,3)26-17(24)13-8-7-12-16(23)15(11-9-10-14-21)22-18(25)27-20(4,5)6/h12,15H,7-11,13-14,21H2,1-6H3,(H,22,25)/t15-/m0/s1. The van der Waals surface area contributed by atoms with E-state index in [9.17, 15) is 14.4 Å². The van der Waals surface area contributed by atoms with Gasteiger partial charge in [-0.2, -0.15) is 0 Å². The van der Waals surface area contributed by atoms with Crippen LogP contribution in [0.2, 0.25) is 0 Å². The lowest BCUT2D eigenvalue weighted by Gasteiger charge is -2.23. The second-order valence-corrected chi connectivity index (χ2v) is 8.57. The van der Waals surface area contributed by atoms with E-state index in [1.807, 2.05) is 20.8 Å². The summed E-state index contributed by atoms with van der Waals surface area (Å²) < 4.78 is 10.5. The molecule has 1 radical (unpaired) electrons. The highest BCUT2D eigenvalue weighted by Gasteiger charge is 2.24. The molecule has 1 amide bonds. The molecule has 0 aliphatic heterocycles. The molecule has 0 heterocycles. The average Bonchev–Trinajstić information content (AvgIpc) is 2.47. The summed E-state index contributed by atoms with van der Waals surface area (Å²) in [5.41, 5.74) is 4.35. The van der Waals surface area contributed by atoms with Crippen LogP contribution in [0.3, 0.4) is 0 Å². The zero-order valence-corrected chi connectivity index (χ0v) is 17.7. The van der Waals surface area contributed by atoms with Crippen LogP contribution in [0.4, 0.5) is 4.79 Å². The molecule has 3 N–H and O–H groups in total. The number of nitrogens with one attached hydrogen (secondary N) is 1. The highest BCUT2D eigenvalue weighted by atomic mass is 16.6. The maximum Gasteiger partial charge on any atom is 0.408 e. The molecular formula is C20H37N2O5. The van der Waals surface area contributed by atoms with E-state index in [1.54, 1.807) is 20.8 Å². The second kappa shape index (κ2) is 12.0. The van der Waals surface area contributed by atoms with E-state index < -0.39 is 23.3 Å². The van der Waals surface area contributed by atoms with E-state index in [4.69, 9.17) is 15.2 Å². The Labute approximate surface area is 163 Å². The Morgan fingerprint density at radius 2 is 1.56 bits per heavy atom. The first-order valence-corrected chi connectivity index (χ1v) is 9.62. The van der Waals surface area contributed by atoms with E-state index in [0.29, 0.717) is 25.8 Å². The summed E-state index contributed by atoms with van der Waals surface area (Å²) in [6.07, 6.45) is 4.12. The van der Waals surface area contributed by atoms with Gasteiger partial charge in [-0.05, 0) is 80.2 Å². The molecule has 27 heavy (non-hydrogen) atoms. The number of hydrogen-bond donors (Lipinski definition) is 2. The van der Waals surface area contributed by atoms with Gasteiger partial charge in [0.2, 0.25) is 0 Å². The molecule has 157 valence electrons. The van der Waals surface area contributed by atoms with Crippen molar-refractivity contribution >= 4 is 17.8 Å². The van der Waals surface area contributed by atoms with Crippen LogP contribution in [-0.2, 0) is 19.1 Å². The van der Waals surface area contributed by atoms with Crippen molar-refractivity contribution in [2.24, 2.45) is 5.73 Å². The zero-order chi connectivity index (χ0) is 21.1. The van der Waals surface area contributed by atoms with Gasteiger partial charge < -0.3 is 20.5 Å². The number of esters is 1. The van der Waals surface area contributed by atoms with Crippen molar-refractivity contribution in [3.63, 3.8) is 0 Å². The van der Waals surface area contributed by atoms with Crippen LogP contribution in [0.1, 0.15) is 80.1 Å². The number of carbonyl (C=O) groups excluding carboxylic acids is 3. The van der Waals surface area contributed by atoms with Gasteiger partial charge in [-0.15, -0.1) is 0 Å². The Bertz CT molecular complexity index is 478. The number of amides is 1. The lowest BCUT2D eigenvalue weighted by Crippen LogP contribution is -2.43. The minimum Gasteiger partial charge on any atom is -0.460 e. The van der Waals surface area contributed by atoms with Crippen molar-refractivity contribution < 1.29 is 23.9 Å². The van der Waals surface area contributed by atoms with Crippen molar-refractivity contribution in [3.8, 4) is 0 Å². The molecule has 0 bridgehead atoms. The summed E-state index contributed by atoms with van der Waals surface area (Å²) in [6, 6.07) is -0.645. The van der Waals surface area contributed by atoms with Crippen molar-refractivity contribution in [1.29, 1.82) is 0 Å². The number of alkyl carbamates (subject to hydrolysis) is 1. The molecule has 0 aliphatic rings. The van der Waals surface area contributed by atoms with Crippen LogP contribution in [0, 0.1) is 6.42 Å². The van der Waals surface area contributed by atoms with Crippen molar-refractivity contribution in [3.05, 3.63) is 6.42 Å². The highest BCUT2D eigenvalue weighted by Crippen LogP contribution is 2.13. The average molecular weight is 386 g/mol. The van der Waals surface area contributed by atoms with E-state index >= 15 is 0 Å². The molecule has 0 aromatic rings. The molecule has 0 saturated carbocycles. The van der Waals surface area contributed by atoms with Gasteiger partial charge in [0.25, 0.3) is 0 Å². The first-order chi connectivity index (χ1) is 12.3. The second-order valence-electron chi connectivity index (χ2n) is 8.57. The first-order valence-electron chi connectivity index (χ1n) is 9.62. The molecule has 7 heteroatoms. The first kappa shape index (κ1) is 25.4. The van der Waals surface area contributed by atoms with E-state index in [0.717, 1.165) is 12.8 Å². The van der Waals surface area contributed by atoms with Gasteiger partial charge in [-0.1, -0.05) is 0 Å². The Balaban J connectivity index is 4.45. The van der Waals surface area contributed by atoms with E-state index in [2.05, 4.69) is 5.32 Å².